The van der Waals surface area contributed by atoms with Gasteiger partial charge in [0.2, 0.25) is 0 Å². The van der Waals surface area contributed by atoms with E-state index in [1.807, 2.05) is 12.1 Å². The third-order valence-electron chi connectivity index (χ3n) is 3.10. The number of hydrogen-bond acceptors (Lipinski definition) is 0. The first kappa shape index (κ1) is 10.6. The number of fused-ring (bicyclic) bond motifs is 1. The van der Waals surface area contributed by atoms with E-state index in [-0.39, 0.29) is 0 Å². The van der Waals surface area contributed by atoms with Gasteiger partial charge in [0.1, 0.15) is 0 Å². The molecule has 0 aliphatic heterocycles. The molecule has 0 saturated heterocycles. The average molecular weight is 240 g/mol. The SMILES string of the molecule is Cc1ccc(C2=C(Cl)c3ccccc3[CH]2)cc1. The molecule has 0 N–H and O–H groups in total. The lowest BCUT2D eigenvalue weighted by molar-refractivity contribution is 1.45. The van der Waals surface area contributed by atoms with Gasteiger partial charge in [-0.25, -0.2) is 0 Å². The predicted octanol–water partition coefficient (Wildman–Crippen LogP) is 4.67. The Bertz CT molecular complexity index is 591. The van der Waals surface area contributed by atoms with E-state index in [9.17, 15) is 0 Å². The highest BCUT2D eigenvalue weighted by atomic mass is 35.5. The van der Waals surface area contributed by atoms with Crippen LogP contribution in [-0.2, 0) is 0 Å². The van der Waals surface area contributed by atoms with Crippen molar-refractivity contribution in [2.45, 2.75) is 6.92 Å². The van der Waals surface area contributed by atoms with Gasteiger partial charge >= 0.3 is 0 Å². The molecule has 1 heteroatoms. The summed E-state index contributed by atoms with van der Waals surface area (Å²) in [7, 11) is 0. The van der Waals surface area contributed by atoms with E-state index in [1.54, 1.807) is 0 Å². The molecule has 2 aromatic carbocycles. The van der Waals surface area contributed by atoms with Gasteiger partial charge in [-0.1, -0.05) is 65.7 Å². The third-order valence-corrected chi connectivity index (χ3v) is 3.50. The molecule has 1 aliphatic rings. The van der Waals surface area contributed by atoms with Crippen LogP contribution in [0.5, 0.6) is 0 Å². The van der Waals surface area contributed by atoms with Crippen molar-refractivity contribution in [3.63, 3.8) is 0 Å². The molecule has 0 amide bonds. The highest BCUT2D eigenvalue weighted by molar-refractivity contribution is 6.54. The Morgan fingerprint density at radius 3 is 2.29 bits per heavy atom. The van der Waals surface area contributed by atoms with Gasteiger partial charge in [-0.3, -0.25) is 0 Å². The van der Waals surface area contributed by atoms with Crippen LogP contribution in [0.2, 0.25) is 0 Å². The second-order valence-corrected chi connectivity index (χ2v) is 4.70. The molecule has 0 aromatic heterocycles. The fraction of sp³-hybridized carbons (Fsp3) is 0.0625. The highest BCUT2D eigenvalue weighted by Gasteiger charge is 2.20. The Hall–Kier alpha value is -1.53. The van der Waals surface area contributed by atoms with Crippen LogP contribution >= 0.6 is 11.6 Å². The van der Waals surface area contributed by atoms with E-state index in [2.05, 4.69) is 49.7 Å². The molecule has 0 unspecified atom stereocenters. The lowest BCUT2D eigenvalue weighted by Crippen LogP contribution is -1.83. The summed E-state index contributed by atoms with van der Waals surface area (Å²) in [6.07, 6.45) is 2.16. The summed E-state index contributed by atoms with van der Waals surface area (Å²) in [5, 5.41) is 0.851. The third kappa shape index (κ3) is 1.79. The smallest absolute Gasteiger partial charge is 0.0525 e. The maximum Gasteiger partial charge on any atom is 0.0525 e. The van der Waals surface area contributed by atoms with Crippen LogP contribution in [0, 0.1) is 13.3 Å². The number of allylic oxidation sites excluding steroid dienone is 1. The van der Waals surface area contributed by atoms with E-state index < -0.39 is 0 Å². The summed E-state index contributed by atoms with van der Waals surface area (Å²) in [5.74, 6) is 0. The zero-order valence-electron chi connectivity index (χ0n) is 9.57. The van der Waals surface area contributed by atoms with Gasteiger partial charge in [-0.15, -0.1) is 0 Å². The van der Waals surface area contributed by atoms with E-state index in [0.29, 0.717) is 0 Å². The van der Waals surface area contributed by atoms with Gasteiger partial charge in [-0.2, -0.15) is 0 Å². The van der Waals surface area contributed by atoms with Crippen LogP contribution in [0.1, 0.15) is 22.3 Å². The van der Waals surface area contributed by atoms with Gasteiger partial charge in [0.05, 0.1) is 5.03 Å². The fourth-order valence-electron chi connectivity index (χ4n) is 2.13. The normalized spacial score (nSPS) is 14.0. The highest BCUT2D eigenvalue weighted by Crippen LogP contribution is 2.41. The molecule has 0 nitrogen and oxygen atoms in total. The first-order chi connectivity index (χ1) is 8.25. The van der Waals surface area contributed by atoms with Crippen molar-refractivity contribution in [3.05, 3.63) is 77.2 Å². The summed E-state index contributed by atoms with van der Waals surface area (Å²) in [6, 6.07) is 16.7. The summed E-state index contributed by atoms with van der Waals surface area (Å²) >= 11 is 6.43. The van der Waals surface area contributed by atoms with Crippen LogP contribution < -0.4 is 0 Å². The Kier molecular flexibility index (Phi) is 2.53. The van der Waals surface area contributed by atoms with E-state index >= 15 is 0 Å². The number of halogens is 1. The second-order valence-electron chi connectivity index (χ2n) is 4.33. The fourth-order valence-corrected chi connectivity index (χ4v) is 2.47. The molecule has 1 radical (unpaired) electrons. The van der Waals surface area contributed by atoms with Gasteiger partial charge in [0.25, 0.3) is 0 Å². The minimum absolute atomic E-state index is 0.851. The average Bonchev–Trinajstić information content (AvgIpc) is 2.69. The minimum atomic E-state index is 0.851. The molecule has 0 bridgehead atoms. The summed E-state index contributed by atoms with van der Waals surface area (Å²) in [4.78, 5) is 0. The number of aryl methyl sites for hydroxylation is 1. The van der Waals surface area contributed by atoms with Crippen LogP contribution in [-0.4, -0.2) is 0 Å². The second kappa shape index (κ2) is 4.05. The topological polar surface area (TPSA) is 0 Å². The molecule has 1 aliphatic carbocycles. The Morgan fingerprint density at radius 1 is 0.882 bits per heavy atom. The first-order valence-corrected chi connectivity index (χ1v) is 6.04. The van der Waals surface area contributed by atoms with Crippen LogP contribution in [0.4, 0.5) is 0 Å². The van der Waals surface area contributed by atoms with Crippen molar-refractivity contribution in [3.8, 4) is 0 Å². The molecule has 0 spiro atoms. The lowest BCUT2D eigenvalue weighted by Gasteiger charge is -2.03. The van der Waals surface area contributed by atoms with E-state index in [1.165, 1.54) is 16.7 Å². The van der Waals surface area contributed by atoms with Crippen molar-refractivity contribution in [1.29, 1.82) is 0 Å². The van der Waals surface area contributed by atoms with Gasteiger partial charge in [0, 0.05) is 6.42 Å². The molecule has 0 atom stereocenters. The summed E-state index contributed by atoms with van der Waals surface area (Å²) in [5.41, 5.74) is 5.89. The number of rotatable bonds is 1. The zero-order chi connectivity index (χ0) is 11.8. The quantitative estimate of drug-likeness (QED) is 0.679. The molecule has 3 rings (SSSR count). The van der Waals surface area contributed by atoms with Crippen molar-refractivity contribution < 1.29 is 0 Å². The molecule has 0 saturated carbocycles. The van der Waals surface area contributed by atoms with Gasteiger partial charge < -0.3 is 0 Å². The summed E-state index contributed by atoms with van der Waals surface area (Å²) < 4.78 is 0. The van der Waals surface area contributed by atoms with Crippen molar-refractivity contribution in [2.24, 2.45) is 0 Å². The maximum atomic E-state index is 6.43. The van der Waals surface area contributed by atoms with Crippen LogP contribution in [0.25, 0.3) is 10.6 Å². The molecular weight excluding hydrogens is 228 g/mol. The zero-order valence-corrected chi connectivity index (χ0v) is 10.3. The van der Waals surface area contributed by atoms with Gasteiger partial charge in [-0.05, 0) is 29.2 Å². The maximum absolute atomic E-state index is 6.43. The lowest BCUT2D eigenvalue weighted by atomic mass is 10.0. The van der Waals surface area contributed by atoms with Crippen molar-refractivity contribution in [1.82, 2.24) is 0 Å². The number of hydrogen-bond donors (Lipinski definition) is 0. The molecule has 83 valence electrons. The van der Waals surface area contributed by atoms with Crippen LogP contribution in [0.15, 0.2) is 48.5 Å². The Balaban J connectivity index is 2.08. The largest absolute Gasteiger partial charge is 0.0833 e. The van der Waals surface area contributed by atoms with E-state index in [4.69, 9.17) is 11.6 Å². The molecule has 17 heavy (non-hydrogen) atoms. The Labute approximate surface area is 107 Å². The Morgan fingerprint density at radius 2 is 1.59 bits per heavy atom. The van der Waals surface area contributed by atoms with Crippen molar-refractivity contribution >= 4 is 22.2 Å². The van der Waals surface area contributed by atoms with Gasteiger partial charge in [0.15, 0.2) is 0 Å². The standard InChI is InChI=1S/C16H12Cl/c1-11-6-8-12(9-7-11)15-10-13-4-2-3-5-14(13)16(15)17/h2-10H,1H3. The first-order valence-electron chi connectivity index (χ1n) is 5.67. The molecule has 0 fully saturated rings. The summed E-state index contributed by atoms with van der Waals surface area (Å²) in [6.45, 7) is 2.09. The minimum Gasteiger partial charge on any atom is -0.0833 e. The monoisotopic (exact) mass is 239 g/mol. The van der Waals surface area contributed by atoms with Crippen molar-refractivity contribution in [2.75, 3.05) is 0 Å². The van der Waals surface area contributed by atoms with E-state index in [0.717, 1.165) is 16.2 Å². The van der Waals surface area contributed by atoms with Crippen LogP contribution in [0.3, 0.4) is 0 Å². The predicted molar refractivity (Wildman–Crippen MR) is 73.7 cm³/mol. The molecule has 2 aromatic rings. The molecule has 0 heterocycles. The number of benzene rings is 2. The molecular formula is C16H12Cl.